The summed E-state index contributed by atoms with van der Waals surface area (Å²) in [6, 6.07) is -3.03. The Balaban J connectivity index is -0.000000630. The van der Waals surface area contributed by atoms with Crippen molar-refractivity contribution in [3.8, 4) is 0 Å². The van der Waals surface area contributed by atoms with Gasteiger partial charge in [-0.05, 0) is 0 Å². The minimum atomic E-state index is -1.37. The van der Waals surface area contributed by atoms with Gasteiger partial charge < -0.3 is 83.6 Å². The van der Waals surface area contributed by atoms with Crippen LogP contribution in [0, 0.1) is 10.8 Å². The number of carboxylic acids is 2. The number of hydrogen-bond donors (Lipinski definition) is 14. The van der Waals surface area contributed by atoms with Crippen LogP contribution in [0.15, 0.2) is 0 Å². The maximum Gasteiger partial charge on any atom is 2.00 e. The van der Waals surface area contributed by atoms with Gasteiger partial charge in [-0.1, -0.05) is 27.7 Å². The first-order valence-corrected chi connectivity index (χ1v) is 14.7. The van der Waals surface area contributed by atoms with Crippen molar-refractivity contribution in [3.63, 3.8) is 0 Å². The fourth-order valence-electron chi connectivity index (χ4n) is 2.97. The summed E-state index contributed by atoms with van der Waals surface area (Å²) in [7, 11) is 0. The van der Waals surface area contributed by atoms with Crippen LogP contribution in [0.5, 0.6) is 0 Å². The van der Waals surface area contributed by atoms with Gasteiger partial charge in [0.05, 0.1) is 13.2 Å². The minimum Gasteiger partial charge on any atom is -0.550 e. The molecule has 27 heteroatoms. The van der Waals surface area contributed by atoms with Crippen LogP contribution < -0.4 is 64.2 Å². The van der Waals surface area contributed by atoms with Gasteiger partial charge in [0.25, 0.3) is 11.8 Å². The SMILES string of the molecule is CC(C)(CO)[C@H](O)C(=O)NCCC(=O)[O-].CC(C)(CO)[C@H](O)C(=O)NCCC(=O)[O-].NC(=O)NC1NC(=O)NC1=O.NC(=O)NC1NC(=O)NC1=O.[Ca+2]. The van der Waals surface area contributed by atoms with Gasteiger partial charge >= 0.3 is 61.9 Å². The summed E-state index contributed by atoms with van der Waals surface area (Å²) in [6.45, 7) is 5.21. The molecule has 2 aliphatic rings. The van der Waals surface area contributed by atoms with E-state index >= 15 is 0 Å². The molecular weight excluding hydrogens is 748 g/mol. The Bertz CT molecular complexity index is 1230. The Morgan fingerprint density at radius 1 is 0.679 bits per heavy atom. The number of carbonyl (C=O) groups excluding carboxylic acids is 10. The summed E-state index contributed by atoms with van der Waals surface area (Å²) >= 11 is 0. The minimum absolute atomic E-state index is 0. The number of aliphatic hydroxyl groups is 4. The molecule has 0 aromatic heterocycles. The molecule has 12 amide bonds. The first-order valence-electron chi connectivity index (χ1n) is 14.7. The van der Waals surface area contributed by atoms with Crippen LogP contribution in [0.4, 0.5) is 19.2 Å². The van der Waals surface area contributed by atoms with Gasteiger partial charge in [0.2, 0.25) is 11.8 Å². The fourth-order valence-corrected chi connectivity index (χ4v) is 2.97. The quantitative estimate of drug-likeness (QED) is 0.0573. The number of nitrogens with one attached hydrogen (secondary N) is 8. The van der Waals surface area contributed by atoms with Crippen LogP contribution in [0.25, 0.3) is 0 Å². The number of carbonyl (C=O) groups is 10. The molecule has 0 radical (unpaired) electrons. The Morgan fingerprint density at radius 3 is 1.15 bits per heavy atom. The van der Waals surface area contributed by atoms with Gasteiger partial charge in [-0.3, -0.25) is 29.8 Å². The first-order chi connectivity index (χ1) is 23.8. The summed E-state index contributed by atoms with van der Waals surface area (Å²) < 4.78 is 0. The Morgan fingerprint density at radius 2 is 0.962 bits per heavy atom. The van der Waals surface area contributed by atoms with Crippen molar-refractivity contribution in [2.24, 2.45) is 22.3 Å². The molecule has 2 fully saturated rings. The summed E-state index contributed by atoms with van der Waals surface area (Å²) in [5.74, 6) is -5.18. The Hall–Kier alpha value is -4.60. The van der Waals surface area contributed by atoms with E-state index in [2.05, 4.69) is 21.3 Å². The molecule has 2 aliphatic heterocycles. The van der Waals surface area contributed by atoms with Crippen molar-refractivity contribution in [2.45, 2.75) is 65.1 Å². The largest absolute Gasteiger partial charge is 2.00 e. The first kappa shape index (κ1) is 52.8. The molecule has 0 aromatic carbocycles. The molecule has 53 heavy (non-hydrogen) atoms. The Kier molecular flexibility index (Phi) is 25.3. The number of rotatable bonds is 14. The second kappa shape index (κ2) is 25.4. The van der Waals surface area contributed by atoms with E-state index in [0.717, 1.165) is 0 Å². The smallest absolute Gasteiger partial charge is 0.550 e. The molecule has 26 nitrogen and oxygen atoms in total. The fraction of sp³-hybridized carbons (Fsp3) is 0.615. The van der Waals surface area contributed by atoms with Crippen molar-refractivity contribution in [3.05, 3.63) is 0 Å². The third-order valence-electron chi connectivity index (χ3n) is 6.17. The molecule has 0 saturated carbocycles. The van der Waals surface area contributed by atoms with Crippen molar-refractivity contribution < 1.29 is 78.6 Å². The van der Waals surface area contributed by atoms with Crippen molar-refractivity contribution in [1.82, 2.24) is 42.5 Å². The maximum atomic E-state index is 11.2. The number of urea groups is 4. The van der Waals surface area contributed by atoms with Gasteiger partial charge in [0, 0.05) is 48.7 Å². The average molecular weight is 793 g/mol. The van der Waals surface area contributed by atoms with Crippen LogP contribution in [0.3, 0.4) is 0 Å². The van der Waals surface area contributed by atoms with Gasteiger partial charge in [-0.25, -0.2) is 19.2 Å². The van der Waals surface area contributed by atoms with E-state index in [-0.39, 0.29) is 76.9 Å². The Labute approximate surface area is 330 Å². The van der Waals surface area contributed by atoms with E-state index < -0.39 is 95.1 Å². The number of primary amides is 2. The second-order valence-corrected chi connectivity index (χ2v) is 11.7. The predicted octanol–water partition coefficient (Wildman–Crippen LogP) is -9.50. The molecule has 2 heterocycles. The van der Waals surface area contributed by atoms with E-state index in [1.807, 2.05) is 21.3 Å². The van der Waals surface area contributed by atoms with Gasteiger partial charge in [-0.2, -0.15) is 0 Å². The normalized spacial score (nSPS) is 16.8. The number of amides is 12. The van der Waals surface area contributed by atoms with Crippen molar-refractivity contribution in [1.29, 1.82) is 0 Å². The number of aliphatic carboxylic acids is 2. The number of carboxylic acid groups (broad SMARTS) is 2. The maximum absolute atomic E-state index is 11.2. The van der Waals surface area contributed by atoms with Crippen LogP contribution >= 0.6 is 0 Å². The third-order valence-corrected chi connectivity index (χ3v) is 6.17. The molecule has 4 atom stereocenters. The number of nitrogens with two attached hydrogens (primary N) is 2. The summed E-state index contributed by atoms with van der Waals surface area (Å²) in [4.78, 5) is 105. The van der Waals surface area contributed by atoms with Gasteiger partial charge in [0.15, 0.2) is 12.3 Å². The summed E-state index contributed by atoms with van der Waals surface area (Å²) in [5.41, 5.74) is 7.49. The van der Waals surface area contributed by atoms with E-state index in [0.29, 0.717) is 0 Å². The van der Waals surface area contributed by atoms with Crippen LogP contribution in [-0.2, 0) is 28.8 Å². The third kappa shape index (κ3) is 22.8. The summed E-state index contributed by atoms with van der Waals surface area (Å²) in [5, 5.41) is 73.4. The number of hydrogen-bond acceptors (Lipinski definition) is 16. The second-order valence-electron chi connectivity index (χ2n) is 11.7. The molecule has 2 unspecified atom stereocenters. The molecule has 0 bridgehead atoms. The topological polar surface area (TPSA) is 446 Å². The zero-order chi connectivity index (χ0) is 41.0. The van der Waals surface area contributed by atoms with Crippen LogP contribution in [-0.4, -0.2) is 169 Å². The monoisotopic (exact) mass is 792 g/mol. The molecule has 0 aliphatic carbocycles. The van der Waals surface area contributed by atoms with E-state index in [9.17, 15) is 68.4 Å². The molecule has 0 aromatic rings. The number of imide groups is 2. The van der Waals surface area contributed by atoms with E-state index in [1.54, 1.807) is 0 Å². The molecule has 16 N–H and O–H groups in total. The van der Waals surface area contributed by atoms with E-state index in [4.69, 9.17) is 21.7 Å². The number of aliphatic hydroxyl groups excluding tert-OH is 4. The average Bonchev–Trinajstić information content (AvgIpc) is 3.52. The summed E-state index contributed by atoms with van der Waals surface area (Å²) in [6.07, 6.45) is -5.44. The van der Waals surface area contributed by atoms with Crippen LogP contribution in [0.2, 0.25) is 0 Å². The standard InChI is InChI=1S/2C9H17NO5.2C4H6N4O3.Ca/c2*1-9(2,5-11)7(14)8(15)10-4-3-6(12)13;2*5-3(10)6-1-2(9)8-4(11)7-1;/h2*7,11,14H,3-5H2,1-2H3,(H,10,15)(H,12,13);2*1H,(H3,5,6,10)(H2,7,8,9,11);/q;;;;+2/p-2/t2*7-;;;/m11.../s1. The van der Waals surface area contributed by atoms with Crippen molar-refractivity contribution in [2.75, 3.05) is 26.3 Å². The molecule has 296 valence electrons. The van der Waals surface area contributed by atoms with Crippen LogP contribution in [0.1, 0.15) is 40.5 Å². The van der Waals surface area contributed by atoms with Crippen molar-refractivity contribution >= 4 is 97.4 Å². The molecule has 0 spiro atoms. The van der Waals surface area contributed by atoms with E-state index in [1.165, 1.54) is 27.7 Å². The predicted molar refractivity (Wildman–Crippen MR) is 171 cm³/mol. The molecular formula is C26H44CaN10O16. The van der Waals surface area contributed by atoms with Gasteiger partial charge in [-0.15, -0.1) is 0 Å². The van der Waals surface area contributed by atoms with Gasteiger partial charge in [0.1, 0.15) is 12.2 Å². The zero-order valence-electron chi connectivity index (χ0n) is 29.1. The molecule has 2 saturated heterocycles. The molecule has 2 rings (SSSR count). The zero-order valence-corrected chi connectivity index (χ0v) is 31.3.